The van der Waals surface area contributed by atoms with E-state index in [2.05, 4.69) is 4.74 Å². The van der Waals surface area contributed by atoms with Gasteiger partial charge in [-0.05, 0) is 17.7 Å². The summed E-state index contributed by atoms with van der Waals surface area (Å²) in [5.41, 5.74) is 6.08. The molecule has 0 aliphatic rings. The molecular weight excluding hydrogens is 265 g/mol. The first kappa shape index (κ1) is 14.3. The summed E-state index contributed by atoms with van der Waals surface area (Å²) in [6, 6.07) is 3.83. The second kappa shape index (κ2) is 6.83. The van der Waals surface area contributed by atoms with E-state index < -0.39 is 12.0 Å². The Hall–Kier alpha value is -0.780. The summed E-state index contributed by atoms with van der Waals surface area (Å²) in [5.74, 6) is 0.00771. The fourth-order valence-electron chi connectivity index (χ4n) is 1.15. The molecule has 1 unspecified atom stereocenters. The topological polar surface area (TPSA) is 52.3 Å². The minimum absolute atomic E-state index is 0.350. The molecule has 94 valence electrons. The molecule has 6 heteroatoms. The van der Waals surface area contributed by atoms with Crippen LogP contribution in [0.5, 0.6) is 0 Å². The standard InChI is InChI=1S/C11H13ClFNO2S/c1-16-11(15)10(14)6-17-5-7-2-3-8(12)4-9(7)13/h2-4,10H,5-6,14H2,1H3. The maximum absolute atomic E-state index is 13.4. The molecule has 0 saturated heterocycles. The van der Waals surface area contributed by atoms with Crippen LogP contribution in [0.4, 0.5) is 4.39 Å². The second-order valence-electron chi connectivity index (χ2n) is 3.38. The molecule has 2 N–H and O–H groups in total. The highest BCUT2D eigenvalue weighted by atomic mass is 35.5. The van der Waals surface area contributed by atoms with Gasteiger partial charge in [0.1, 0.15) is 11.9 Å². The average Bonchev–Trinajstić information content (AvgIpc) is 2.30. The normalized spacial score (nSPS) is 12.2. The molecule has 0 radical (unpaired) electrons. The van der Waals surface area contributed by atoms with Gasteiger partial charge in [0.25, 0.3) is 0 Å². The van der Waals surface area contributed by atoms with Gasteiger partial charge in [-0.3, -0.25) is 4.79 Å². The van der Waals surface area contributed by atoms with E-state index >= 15 is 0 Å². The number of thioether (sulfide) groups is 1. The summed E-state index contributed by atoms with van der Waals surface area (Å²) in [6.45, 7) is 0. The van der Waals surface area contributed by atoms with Gasteiger partial charge in [-0.2, -0.15) is 11.8 Å². The molecule has 0 fully saturated rings. The molecule has 0 spiro atoms. The fraction of sp³-hybridized carbons (Fsp3) is 0.364. The number of methoxy groups -OCH3 is 1. The SMILES string of the molecule is COC(=O)C(N)CSCc1ccc(Cl)cc1F. The van der Waals surface area contributed by atoms with Crippen LogP contribution in [0.1, 0.15) is 5.56 Å². The fourth-order valence-corrected chi connectivity index (χ4v) is 2.27. The summed E-state index contributed by atoms with van der Waals surface area (Å²) in [5, 5.41) is 0.363. The Balaban J connectivity index is 2.43. The third-order valence-corrected chi connectivity index (χ3v) is 3.42. The van der Waals surface area contributed by atoms with Crippen molar-refractivity contribution < 1.29 is 13.9 Å². The molecule has 0 aromatic heterocycles. The Labute approximate surface area is 108 Å². The largest absolute Gasteiger partial charge is 0.468 e. The lowest BCUT2D eigenvalue weighted by Gasteiger charge is -2.09. The molecule has 1 rings (SSSR count). The summed E-state index contributed by atoms with van der Waals surface area (Å²) in [4.78, 5) is 11.0. The number of ether oxygens (including phenoxy) is 1. The van der Waals surface area contributed by atoms with E-state index in [1.54, 1.807) is 12.1 Å². The predicted molar refractivity (Wildman–Crippen MR) is 67.6 cm³/mol. The van der Waals surface area contributed by atoms with Crippen molar-refractivity contribution in [2.45, 2.75) is 11.8 Å². The molecule has 1 aromatic rings. The number of hydrogen-bond acceptors (Lipinski definition) is 4. The van der Waals surface area contributed by atoms with Crippen molar-refractivity contribution in [2.75, 3.05) is 12.9 Å². The molecule has 0 amide bonds. The van der Waals surface area contributed by atoms with Crippen LogP contribution in [-0.2, 0) is 15.3 Å². The minimum atomic E-state index is -0.680. The highest BCUT2D eigenvalue weighted by molar-refractivity contribution is 7.98. The van der Waals surface area contributed by atoms with Gasteiger partial charge in [0.05, 0.1) is 7.11 Å². The molecule has 0 saturated carbocycles. The Morgan fingerprint density at radius 1 is 1.65 bits per heavy atom. The minimum Gasteiger partial charge on any atom is -0.468 e. The number of carbonyl (C=O) groups is 1. The van der Waals surface area contributed by atoms with Crippen molar-refractivity contribution in [3.8, 4) is 0 Å². The van der Waals surface area contributed by atoms with E-state index in [0.29, 0.717) is 22.1 Å². The van der Waals surface area contributed by atoms with Gasteiger partial charge in [-0.15, -0.1) is 0 Å². The number of esters is 1. The lowest BCUT2D eigenvalue weighted by molar-refractivity contribution is -0.141. The average molecular weight is 278 g/mol. The van der Waals surface area contributed by atoms with Gasteiger partial charge in [-0.1, -0.05) is 17.7 Å². The summed E-state index contributed by atoms with van der Waals surface area (Å²) in [6.07, 6.45) is 0. The van der Waals surface area contributed by atoms with Crippen LogP contribution in [-0.4, -0.2) is 24.9 Å². The molecule has 0 bridgehead atoms. The van der Waals surface area contributed by atoms with Crippen molar-refractivity contribution in [1.82, 2.24) is 0 Å². The maximum atomic E-state index is 13.4. The lowest BCUT2D eigenvalue weighted by Crippen LogP contribution is -2.33. The van der Waals surface area contributed by atoms with Gasteiger partial charge in [0.15, 0.2) is 0 Å². The Morgan fingerprint density at radius 3 is 2.94 bits per heavy atom. The van der Waals surface area contributed by atoms with E-state index in [4.69, 9.17) is 17.3 Å². The zero-order chi connectivity index (χ0) is 12.8. The summed E-state index contributed by atoms with van der Waals surface area (Å²) < 4.78 is 17.9. The molecule has 1 atom stereocenters. The van der Waals surface area contributed by atoms with E-state index in [0.717, 1.165) is 0 Å². The van der Waals surface area contributed by atoms with E-state index in [9.17, 15) is 9.18 Å². The zero-order valence-electron chi connectivity index (χ0n) is 9.28. The maximum Gasteiger partial charge on any atom is 0.323 e. The van der Waals surface area contributed by atoms with Crippen LogP contribution in [0, 0.1) is 5.82 Å². The second-order valence-corrected chi connectivity index (χ2v) is 4.85. The highest BCUT2D eigenvalue weighted by Gasteiger charge is 2.13. The number of rotatable bonds is 5. The predicted octanol–water partition coefficient (Wildman–Crippen LogP) is 2.21. The van der Waals surface area contributed by atoms with E-state index in [1.165, 1.54) is 24.9 Å². The number of nitrogens with two attached hydrogens (primary N) is 1. The van der Waals surface area contributed by atoms with Gasteiger partial charge in [0, 0.05) is 16.5 Å². The van der Waals surface area contributed by atoms with Gasteiger partial charge in [-0.25, -0.2) is 4.39 Å². The first-order valence-corrected chi connectivity index (χ1v) is 6.43. The summed E-state index contributed by atoms with van der Waals surface area (Å²) in [7, 11) is 1.28. The Morgan fingerprint density at radius 2 is 2.35 bits per heavy atom. The molecule has 0 aliphatic carbocycles. The lowest BCUT2D eigenvalue weighted by atomic mass is 10.2. The van der Waals surface area contributed by atoms with Crippen molar-refractivity contribution in [1.29, 1.82) is 0 Å². The van der Waals surface area contributed by atoms with Gasteiger partial charge < -0.3 is 10.5 Å². The number of carbonyl (C=O) groups excluding carboxylic acids is 1. The quantitative estimate of drug-likeness (QED) is 0.839. The van der Waals surface area contributed by atoms with Crippen LogP contribution < -0.4 is 5.73 Å². The first-order chi connectivity index (χ1) is 8.04. The van der Waals surface area contributed by atoms with Crippen molar-refractivity contribution in [2.24, 2.45) is 5.73 Å². The molecular formula is C11H13ClFNO2S. The van der Waals surface area contributed by atoms with Crippen LogP contribution in [0.2, 0.25) is 5.02 Å². The third-order valence-electron chi connectivity index (χ3n) is 2.07. The first-order valence-electron chi connectivity index (χ1n) is 4.89. The molecule has 0 heterocycles. The third kappa shape index (κ3) is 4.53. The van der Waals surface area contributed by atoms with Crippen molar-refractivity contribution in [3.05, 3.63) is 34.6 Å². The molecule has 17 heavy (non-hydrogen) atoms. The smallest absolute Gasteiger partial charge is 0.323 e. The number of benzene rings is 1. The van der Waals surface area contributed by atoms with Gasteiger partial charge in [0.2, 0.25) is 0 Å². The van der Waals surface area contributed by atoms with Crippen molar-refractivity contribution >= 4 is 29.3 Å². The Kier molecular flexibility index (Phi) is 5.74. The summed E-state index contributed by atoms with van der Waals surface area (Å²) >= 11 is 7.00. The highest BCUT2D eigenvalue weighted by Crippen LogP contribution is 2.19. The molecule has 3 nitrogen and oxygen atoms in total. The van der Waals surface area contributed by atoms with Gasteiger partial charge >= 0.3 is 5.97 Å². The molecule has 1 aromatic carbocycles. The number of halogens is 2. The zero-order valence-corrected chi connectivity index (χ0v) is 10.9. The molecule has 0 aliphatic heterocycles. The van der Waals surface area contributed by atoms with Crippen molar-refractivity contribution in [3.63, 3.8) is 0 Å². The van der Waals surface area contributed by atoms with Crippen LogP contribution in [0.3, 0.4) is 0 Å². The van der Waals surface area contributed by atoms with E-state index in [1.807, 2.05) is 0 Å². The van der Waals surface area contributed by atoms with E-state index in [-0.39, 0.29) is 5.82 Å². The van der Waals surface area contributed by atoms with Crippen LogP contribution in [0.15, 0.2) is 18.2 Å². The van der Waals surface area contributed by atoms with Crippen LogP contribution >= 0.6 is 23.4 Å². The number of hydrogen-bond donors (Lipinski definition) is 1. The van der Waals surface area contributed by atoms with Crippen LogP contribution in [0.25, 0.3) is 0 Å². The monoisotopic (exact) mass is 277 g/mol. The Bertz CT molecular complexity index is 403.